The van der Waals surface area contributed by atoms with E-state index in [4.69, 9.17) is 11.6 Å². The van der Waals surface area contributed by atoms with Gasteiger partial charge in [-0.2, -0.15) is 0 Å². The highest BCUT2D eigenvalue weighted by Crippen LogP contribution is 2.22. The molecule has 0 aliphatic heterocycles. The molecule has 2 heterocycles. The summed E-state index contributed by atoms with van der Waals surface area (Å²) in [4.78, 5) is 27.6. The Hall–Kier alpha value is -2.25. The Kier molecular flexibility index (Phi) is 5.45. The molecule has 1 aromatic carbocycles. The highest BCUT2D eigenvalue weighted by molar-refractivity contribution is 7.16. The molecule has 130 valence electrons. The lowest BCUT2D eigenvalue weighted by molar-refractivity contribution is -0.131. The van der Waals surface area contributed by atoms with Gasteiger partial charge in [-0.15, -0.1) is 16.4 Å². The molecule has 0 unspecified atom stereocenters. The van der Waals surface area contributed by atoms with Gasteiger partial charge in [0.1, 0.15) is 5.52 Å². The third-order valence-electron chi connectivity index (χ3n) is 3.88. The zero-order valence-corrected chi connectivity index (χ0v) is 15.3. The number of rotatable bonds is 6. The molecule has 0 bridgehead atoms. The van der Waals surface area contributed by atoms with Gasteiger partial charge in [0.2, 0.25) is 5.91 Å². The van der Waals surface area contributed by atoms with Crippen LogP contribution in [0.2, 0.25) is 4.34 Å². The predicted octanol–water partition coefficient (Wildman–Crippen LogP) is 2.95. The molecule has 0 N–H and O–H groups in total. The maximum atomic E-state index is 12.5. The first-order valence-corrected chi connectivity index (χ1v) is 9.12. The molecule has 0 atom stereocenters. The number of amides is 1. The molecule has 0 aliphatic rings. The molecule has 1 amide bonds. The minimum Gasteiger partial charge on any atom is -0.338 e. The van der Waals surface area contributed by atoms with Crippen molar-refractivity contribution in [2.75, 3.05) is 6.54 Å². The fraction of sp³-hybridized carbons (Fsp3) is 0.294. The van der Waals surface area contributed by atoms with E-state index >= 15 is 0 Å². The quantitative estimate of drug-likeness (QED) is 0.663. The SMILES string of the molecule is CCN(Cc1ccc(Cl)s1)C(=O)CCn1nnc2ccccc2c1=O. The number of halogens is 1. The van der Waals surface area contributed by atoms with Crippen molar-refractivity contribution in [1.29, 1.82) is 0 Å². The van der Waals surface area contributed by atoms with Gasteiger partial charge in [-0.1, -0.05) is 28.9 Å². The number of thiophene rings is 1. The lowest BCUT2D eigenvalue weighted by Gasteiger charge is -2.20. The summed E-state index contributed by atoms with van der Waals surface area (Å²) in [6.45, 7) is 3.24. The van der Waals surface area contributed by atoms with Crippen molar-refractivity contribution in [2.24, 2.45) is 0 Å². The van der Waals surface area contributed by atoms with Crippen LogP contribution in [-0.4, -0.2) is 32.3 Å². The topological polar surface area (TPSA) is 68.1 Å². The molecule has 3 aromatic rings. The molecule has 0 spiro atoms. The Morgan fingerprint density at radius 1 is 1.28 bits per heavy atom. The Balaban J connectivity index is 1.68. The average molecular weight is 377 g/mol. The van der Waals surface area contributed by atoms with E-state index in [-0.39, 0.29) is 24.4 Å². The Morgan fingerprint density at radius 2 is 2.08 bits per heavy atom. The molecule has 0 aliphatic carbocycles. The summed E-state index contributed by atoms with van der Waals surface area (Å²) in [6, 6.07) is 10.8. The summed E-state index contributed by atoms with van der Waals surface area (Å²) >= 11 is 7.40. The van der Waals surface area contributed by atoms with Gasteiger partial charge in [0.05, 0.1) is 22.8 Å². The first kappa shape index (κ1) is 17.6. The highest BCUT2D eigenvalue weighted by Gasteiger charge is 2.14. The summed E-state index contributed by atoms with van der Waals surface area (Å²) in [7, 11) is 0. The van der Waals surface area contributed by atoms with Crippen LogP contribution in [-0.2, 0) is 17.9 Å². The van der Waals surface area contributed by atoms with Crippen molar-refractivity contribution in [3.63, 3.8) is 0 Å². The second-order valence-electron chi connectivity index (χ2n) is 5.50. The molecule has 0 saturated heterocycles. The second-order valence-corrected chi connectivity index (χ2v) is 7.30. The maximum Gasteiger partial charge on any atom is 0.277 e. The van der Waals surface area contributed by atoms with E-state index in [1.807, 2.05) is 19.1 Å². The Labute approximate surface area is 153 Å². The summed E-state index contributed by atoms with van der Waals surface area (Å²) in [6.07, 6.45) is 0.194. The molecule has 8 heteroatoms. The van der Waals surface area contributed by atoms with Crippen molar-refractivity contribution in [3.05, 3.63) is 56.0 Å². The first-order chi connectivity index (χ1) is 12.1. The smallest absolute Gasteiger partial charge is 0.277 e. The molecule has 0 fully saturated rings. The van der Waals surface area contributed by atoms with E-state index < -0.39 is 0 Å². The third-order valence-corrected chi connectivity index (χ3v) is 5.09. The number of aromatic nitrogens is 3. The van der Waals surface area contributed by atoms with Crippen molar-refractivity contribution >= 4 is 39.7 Å². The molecule has 2 aromatic heterocycles. The predicted molar refractivity (Wildman–Crippen MR) is 98.8 cm³/mol. The molecular formula is C17H17ClN4O2S. The van der Waals surface area contributed by atoms with Crippen LogP contribution in [0.4, 0.5) is 0 Å². The molecule has 3 rings (SSSR count). The largest absolute Gasteiger partial charge is 0.338 e. The van der Waals surface area contributed by atoms with Crippen LogP contribution >= 0.6 is 22.9 Å². The van der Waals surface area contributed by atoms with E-state index in [1.165, 1.54) is 16.0 Å². The van der Waals surface area contributed by atoms with Crippen molar-refractivity contribution in [3.8, 4) is 0 Å². The normalized spacial score (nSPS) is 11.0. The second kappa shape index (κ2) is 7.76. The molecule has 6 nitrogen and oxygen atoms in total. The number of benzene rings is 1. The number of aryl methyl sites for hydroxylation is 1. The van der Waals surface area contributed by atoms with E-state index in [0.29, 0.717) is 28.3 Å². The van der Waals surface area contributed by atoms with Crippen LogP contribution in [0.5, 0.6) is 0 Å². The third kappa shape index (κ3) is 4.05. The van der Waals surface area contributed by atoms with Gasteiger partial charge >= 0.3 is 0 Å². The monoisotopic (exact) mass is 376 g/mol. The van der Waals surface area contributed by atoms with Gasteiger partial charge in [0.25, 0.3) is 5.56 Å². The number of fused-ring (bicyclic) bond motifs is 1. The van der Waals surface area contributed by atoms with E-state index in [0.717, 1.165) is 4.88 Å². The average Bonchev–Trinajstić information content (AvgIpc) is 3.04. The zero-order chi connectivity index (χ0) is 17.8. The number of hydrogen-bond acceptors (Lipinski definition) is 5. The standard InChI is InChI=1S/C17H17ClN4O2S/c1-2-21(11-12-7-8-15(18)25-12)16(23)9-10-22-17(24)13-5-3-4-6-14(13)19-20-22/h3-8H,2,9-11H2,1H3. The molecule has 0 saturated carbocycles. The first-order valence-electron chi connectivity index (χ1n) is 7.93. The van der Waals surface area contributed by atoms with Crippen LogP contribution in [0, 0.1) is 0 Å². The Bertz CT molecular complexity index is 953. The maximum absolute atomic E-state index is 12.5. The van der Waals surface area contributed by atoms with Crippen molar-refractivity contribution in [1.82, 2.24) is 19.9 Å². The molecular weight excluding hydrogens is 360 g/mol. The fourth-order valence-electron chi connectivity index (χ4n) is 2.53. The minimum absolute atomic E-state index is 0.0334. The van der Waals surface area contributed by atoms with Gasteiger partial charge in [-0.25, -0.2) is 4.68 Å². The summed E-state index contributed by atoms with van der Waals surface area (Å²) < 4.78 is 1.95. The highest BCUT2D eigenvalue weighted by atomic mass is 35.5. The number of nitrogens with zero attached hydrogens (tertiary/aromatic N) is 4. The number of carbonyl (C=O) groups excluding carboxylic acids is 1. The lowest BCUT2D eigenvalue weighted by atomic mass is 10.2. The lowest BCUT2D eigenvalue weighted by Crippen LogP contribution is -2.32. The van der Waals surface area contributed by atoms with Gasteiger partial charge in [0, 0.05) is 17.8 Å². The summed E-state index contributed by atoms with van der Waals surface area (Å²) in [5.74, 6) is -0.0334. The van der Waals surface area contributed by atoms with E-state index in [9.17, 15) is 9.59 Å². The minimum atomic E-state index is -0.230. The van der Waals surface area contributed by atoms with Crippen LogP contribution < -0.4 is 5.56 Å². The van der Waals surface area contributed by atoms with Crippen molar-refractivity contribution in [2.45, 2.75) is 26.4 Å². The van der Waals surface area contributed by atoms with Gasteiger partial charge in [-0.05, 0) is 31.2 Å². The van der Waals surface area contributed by atoms with E-state index in [2.05, 4.69) is 10.3 Å². The van der Waals surface area contributed by atoms with Crippen LogP contribution in [0.25, 0.3) is 10.9 Å². The summed E-state index contributed by atoms with van der Waals surface area (Å²) in [5, 5.41) is 8.45. The van der Waals surface area contributed by atoms with Crippen molar-refractivity contribution < 1.29 is 4.79 Å². The molecule has 0 radical (unpaired) electrons. The van der Waals surface area contributed by atoms with Crippen LogP contribution in [0.3, 0.4) is 0 Å². The number of carbonyl (C=O) groups is 1. The van der Waals surface area contributed by atoms with Gasteiger partial charge in [-0.3, -0.25) is 9.59 Å². The van der Waals surface area contributed by atoms with E-state index in [1.54, 1.807) is 29.2 Å². The van der Waals surface area contributed by atoms with Crippen LogP contribution in [0.15, 0.2) is 41.2 Å². The summed E-state index contributed by atoms with van der Waals surface area (Å²) in [5.41, 5.74) is 0.325. The fourth-order valence-corrected chi connectivity index (χ4v) is 3.63. The zero-order valence-electron chi connectivity index (χ0n) is 13.7. The van der Waals surface area contributed by atoms with Crippen LogP contribution in [0.1, 0.15) is 18.2 Å². The molecule has 25 heavy (non-hydrogen) atoms. The number of hydrogen-bond donors (Lipinski definition) is 0. The van der Waals surface area contributed by atoms with Gasteiger partial charge in [0.15, 0.2) is 0 Å². The van der Waals surface area contributed by atoms with Gasteiger partial charge < -0.3 is 4.90 Å². The Morgan fingerprint density at radius 3 is 2.80 bits per heavy atom.